The van der Waals surface area contributed by atoms with Gasteiger partial charge in [-0.1, -0.05) is 23.8 Å². The van der Waals surface area contributed by atoms with Crippen LogP contribution in [0.25, 0.3) is 6.08 Å². The standard InChI is InChI=1S/C28H25NO6/c1-4-32-22-13-11-20(12-14-22)26-29-23(28(31)35-26)16-19-8-15-24(25(17-19)33-5-2)34-27(30)21-9-6-18(3)7-10-21/h6-17H,4-5H2,1-3H3/b23-16-. The highest BCUT2D eigenvalue weighted by molar-refractivity contribution is 6.12. The molecule has 0 bridgehead atoms. The first kappa shape index (κ1) is 23.8. The van der Waals surface area contributed by atoms with Gasteiger partial charge < -0.3 is 18.9 Å². The van der Waals surface area contributed by atoms with Crippen molar-refractivity contribution in [3.63, 3.8) is 0 Å². The monoisotopic (exact) mass is 471 g/mol. The summed E-state index contributed by atoms with van der Waals surface area (Å²) in [6, 6.07) is 19.3. The van der Waals surface area contributed by atoms with Crippen molar-refractivity contribution in [2.45, 2.75) is 20.8 Å². The van der Waals surface area contributed by atoms with Gasteiger partial charge in [-0.2, -0.15) is 0 Å². The van der Waals surface area contributed by atoms with Gasteiger partial charge in [0.1, 0.15) is 5.75 Å². The molecule has 7 nitrogen and oxygen atoms in total. The van der Waals surface area contributed by atoms with Crippen molar-refractivity contribution >= 4 is 23.9 Å². The number of aliphatic imine (C=N–C) groups is 1. The highest BCUT2D eigenvalue weighted by Gasteiger charge is 2.24. The average molecular weight is 472 g/mol. The van der Waals surface area contributed by atoms with Crippen LogP contribution in [0, 0.1) is 6.92 Å². The number of hydrogen-bond acceptors (Lipinski definition) is 7. The van der Waals surface area contributed by atoms with Gasteiger partial charge in [-0.15, -0.1) is 0 Å². The second-order valence-corrected chi connectivity index (χ2v) is 7.69. The Morgan fingerprint density at radius 3 is 2.31 bits per heavy atom. The molecule has 0 aromatic heterocycles. The van der Waals surface area contributed by atoms with Crippen molar-refractivity contribution in [3.8, 4) is 17.2 Å². The van der Waals surface area contributed by atoms with E-state index in [-0.39, 0.29) is 17.3 Å². The summed E-state index contributed by atoms with van der Waals surface area (Å²) in [4.78, 5) is 29.3. The number of benzene rings is 3. The van der Waals surface area contributed by atoms with Gasteiger partial charge in [0.25, 0.3) is 0 Å². The maximum atomic E-state index is 12.5. The molecule has 0 fully saturated rings. The zero-order valence-electron chi connectivity index (χ0n) is 19.7. The number of esters is 2. The Balaban J connectivity index is 1.55. The van der Waals surface area contributed by atoms with Gasteiger partial charge in [-0.05, 0) is 80.9 Å². The van der Waals surface area contributed by atoms with E-state index in [0.717, 1.165) is 11.3 Å². The fourth-order valence-electron chi connectivity index (χ4n) is 3.37. The van der Waals surface area contributed by atoms with Gasteiger partial charge in [0.05, 0.1) is 18.8 Å². The van der Waals surface area contributed by atoms with Crippen LogP contribution in [0.2, 0.25) is 0 Å². The van der Waals surface area contributed by atoms with Gasteiger partial charge >= 0.3 is 11.9 Å². The summed E-state index contributed by atoms with van der Waals surface area (Å²) in [5.74, 6) is 0.570. The van der Waals surface area contributed by atoms with Crippen LogP contribution < -0.4 is 14.2 Å². The summed E-state index contributed by atoms with van der Waals surface area (Å²) in [5.41, 5.74) is 2.95. The van der Waals surface area contributed by atoms with E-state index in [2.05, 4.69) is 4.99 Å². The van der Waals surface area contributed by atoms with Crippen LogP contribution in [0.15, 0.2) is 77.4 Å². The molecule has 178 valence electrons. The number of aryl methyl sites for hydroxylation is 1. The summed E-state index contributed by atoms with van der Waals surface area (Å²) < 4.78 is 22.0. The first-order valence-electron chi connectivity index (χ1n) is 11.3. The quantitative estimate of drug-likeness (QED) is 0.250. The lowest BCUT2D eigenvalue weighted by atomic mass is 10.1. The van der Waals surface area contributed by atoms with Gasteiger partial charge in [0, 0.05) is 5.56 Å². The number of rotatable bonds is 8. The normalized spacial score (nSPS) is 13.9. The summed E-state index contributed by atoms with van der Waals surface area (Å²) in [6.07, 6.45) is 1.60. The fourth-order valence-corrected chi connectivity index (χ4v) is 3.37. The summed E-state index contributed by atoms with van der Waals surface area (Å²) >= 11 is 0. The van der Waals surface area contributed by atoms with Crippen molar-refractivity contribution in [2.75, 3.05) is 13.2 Å². The first-order valence-corrected chi connectivity index (χ1v) is 11.3. The Hall–Kier alpha value is -4.39. The SMILES string of the molecule is CCOc1ccc(C2=N/C(=C\c3ccc(OC(=O)c4ccc(C)cc4)c(OCC)c3)C(=O)O2)cc1. The largest absolute Gasteiger partial charge is 0.494 e. The number of carbonyl (C=O) groups excluding carboxylic acids is 2. The lowest BCUT2D eigenvalue weighted by Crippen LogP contribution is -2.09. The number of hydrogen-bond donors (Lipinski definition) is 0. The molecule has 0 unspecified atom stereocenters. The highest BCUT2D eigenvalue weighted by Crippen LogP contribution is 2.31. The fraction of sp³-hybridized carbons (Fsp3) is 0.179. The Kier molecular flexibility index (Phi) is 7.26. The molecule has 0 saturated carbocycles. The van der Waals surface area contributed by atoms with Crippen molar-refractivity contribution in [3.05, 3.63) is 94.7 Å². The second kappa shape index (κ2) is 10.7. The second-order valence-electron chi connectivity index (χ2n) is 7.69. The zero-order chi connectivity index (χ0) is 24.8. The minimum atomic E-state index is -0.554. The van der Waals surface area contributed by atoms with Crippen molar-refractivity contribution in [2.24, 2.45) is 4.99 Å². The lowest BCUT2D eigenvalue weighted by Gasteiger charge is -2.11. The average Bonchev–Trinajstić information content (AvgIpc) is 3.22. The molecule has 0 N–H and O–H groups in total. The van der Waals surface area contributed by atoms with E-state index in [1.54, 1.807) is 60.7 Å². The molecule has 1 heterocycles. The molecule has 3 aromatic rings. The highest BCUT2D eigenvalue weighted by atomic mass is 16.6. The van der Waals surface area contributed by atoms with Crippen molar-refractivity contribution < 1.29 is 28.5 Å². The summed E-state index contributed by atoms with van der Waals surface area (Å²) in [7, 11) is 0. The molecule has 0 radical (unpaired) electrons. The molecule has 0 aliphatic carbocycles. The molecule has 7 heteroatoms. The molecule has 1 aliphatic heterocycles. The number of ether oxygens (including phenoxy) is 4. The van der Waals surface area contributed by atoms with E-state index >= 15 is 0 Å². The van der Waals surface area contributed by atoms with E-state index in [9.17, 15) is 9.59 Å². The minimum absolute atomic E-state index is 0.153. The van der Waals surface area contributed by atoms with E-state index < -0.39 is 11.9 Å². The Bertz CT molecular complexity index is 1290. The number of carbonyl (C=O) groups is 2. The smallest absolute Gasteiger partial charge is 0.363 e. The molecule has 0 atom stereocenters. The van der Waals surface area contributed by atoms with E-state index in [1.807, 2.05) is 32.9 Å². The van der Waals surface area contributed by atoms with Crippen LogP contribution in [-0.2, 0) is 9.53 Å². The van der Waals surface area contributed by atoms with E-state index in [4.69, 9.17) is 18.9 Å². The maximum Gasteiger partial charge on any atom is 0.363 e. The molecule has 35 heavy (non-hydrogen) atoms. The minimum Gasteiger partial charge on any atom is -0.494 e. The van der Waals surface area contributed by atoms with Gasteiger partial charge in [0.2, 0.25) is 5.90 Å². The van der Waals surface area contributed by atoms with Crippen LogP contribution in [-0.4, -0.2) is 31.1 Å². The number of nitrogens with zero attached hydrogens (tertiary/aromatic N) is 1. The zero-order valence-corrected chi connectivity index (χ0v) is 19.7. The molecule has 0 saturated heterocycles. The summed E-state index contributed by atoms with van der Waals surface area (Å²) in [5, 5.41) is 0. The molecule has 0 amide bonds. The molecule has 1 aliphatic rings. The molecule has 3 aromatic carbocycles. The lowest BCUT2D eigenvalue weighted by molar-refractivity contribution is -0.129. The van der Waals surface area contributed by atoms with Crippen LogP contribution in [0.5, 0.6) is 17.2 Å². The predicted octanol–water partition coefficient (Wildman–Crippen LogP) is 5.36. The topological polar surface area (TPSA) is 83.4 Å². The van der Waals surface area contributed by atoms with Crippen molar-refractivity contribution in [1.82, 2.24) is 0 Å². The Morgan fingerprint density at radius 2 is 1.63 bits per heavy atom. The van der Waals surface area contributed by atoms with Crippen molar-refractivity contribution in [1.29, 1.82) is 0 Å². The summed E-state index contributed by atoms with van der Waals surface area (Å²) in [6.45, 7) is 6.62. The maximum absolute atomic E-state index is 12.5. The van der Waals surface area contributed by atoms with E-state index in [0.29, 0.717) is 35.7 Å². The molecular formula is C28H25NO6. The molecular weight excluding hydrogens is 446 g/mol. The number of cyclic esters (lactones) is 1. The van der Waals surface area contributed by atoms with Gasteiger partial charge in [-0.25, -0.2) is 14.6 Å². The third-order valence-corrected chi connectivity index (χ3v) is 5.09. The first-order chi connectivity index (χ1) is 17.0. The van der Waals surface area contributed by atoms with Gasteiger partial charge in [0.15, 0.2) is 17.2 Å². The van der Waals surface area contributed by atoms with E-state index in [1.165, 1.54) is 0 Å². The molecule has 4 rings (SSSR count). The Morgan fingerprint density at radius 1 is 0.914 bits per heavy atom. The van der Waals surface area contributed by atoms with Crippen LogP contribution in [0.1, 0.15) is 40.9 Å². The third-order valence-electron chi connectivity index (χ3n) is 5.09. The third kappa shape index (κ3) is 5.76. The van der Waals surface area contributed by atoms with Gasteiger partial charge in [-0.3, -0.25) is 0 Å². The molecule has 0 spiro atoms. The van der Waals surface area contributed by atoms with Crippen LogP contribution >= 0.6 is 0 Å². The Labute approximate surface area is 203 Å². The van der Waals surface area contributed by atoms with Crippen LogP contribution in [0.4, 0.5) is 0 Å². The predicted molar refractivity (Wildman–Crippen MR) is 132 cm³/mol. The van der Waals surface area contributed by atoms with Crippen LogP contribution in [0.3, 0.4) is 0 Å².